The predicted octanol–water partition coefficient (Wildman–Crippen LogP) is 6.53. The number of pyridine rings is 1. The van der Waals surface area contributed by atoms with Crippen molar-refractivity contribution >= 4 is 21.6 Å². The van der Waals surface area contributed by atoms with Gasteiger partial charge in [0.05, 0.1) is 5.56 Å². The molecule has 0 saturated heterocycles. The third kappa shape index (κ3) is 5.04. The normalized spacial score (nSPS) is 15.2. The van der Waals surface area contributed by atoms with Crippen LogP contribution in [0.4, 0.5) is 19.0 Å². The van der Waals surface area contributed by atoms with Crippen molar-refractivity contribution in [3.05, 3.63) is 78.5 Å². The molecule has 0 bridgehead atoms. The molecule has 36 heavy (non-hydrogen) atoms. The van der Waals surface area contributed by atoms with E-state index < -0.39 is 26.8 Å². The first kappa shape index (κ1) is 24.2. The van der Waals surface area contributed by atoms with Crippen LogP contribution in [0.25, 0.3) is 16.9 Å². The van der Waals surface area contributed by atoms with Crippen LogP contribution in [0.2, 0.25) is 0 Å². The second-order valence-corrected chi connectivity index (χ2v) is 10.4. The largest absolute Gasteiger partial charge is 0.416 e. The molecule has 2 aromatic carbocycles. The van der Waals surface area contributed by atoms with Crippen LogP contribution < -0.4 is 9.50 Å². The molecule has 2 heterocycles. The van der Waals surface area contributed by atoms with Crippen molar-refractivity contribution in [2.24, 2.45) is 0 Å². The van der Waals surface area contributed by atoms with E-state index in [1.54, 1.807) is 12.1 Å². The minimum Gasteiger partial charge on any atom is -0.379 e. The lowest BCUT2D eigenvalue weighted by atomic mass is 9.95. The number of rotatable bonds is 6. The Morgan fingerprint density at radius 2 is 1.69 bits per heavy atom. The highest BCUT2D eigenvalue weighted by atomic mass is 32.2. The molecule has 188 valence electrons. The summed E-state index contributed by atoms with van der Waals surface area (Å²) in [6, 6.07) is 15.9. The van der Waals surface area contributed by atoms with Crippen LogP contribution in [-0.2, 0) is 16.3 Å². The van der Waals surface area contributed by atoms with E-state index >= 15 is 0 Å². The fourth-order valence-electron chi connectivity index (χ4n) is 4.45. The van der Waals surface area contributed by atoms with Crippen molar-refractivity contribution in [1.82, 2.24) is 9.38 Å². The number of nitrogens with zero attached hydrogens (tertiary/aromatic N) is 2. The Balaban J connectivity index is 1.42. The van der Waals surface area contributed by atoms with Gasteiger partial charge >= 0.3 is 16.3 Å². The summed E-state index contributed by atoms with van der Waals surface area (Å²) in [5, 5.41) is 3.64. The molecule has 0 atom stereocenters. The molecule has 0 spiro atoms. The molecular weight excluding hydrogens is 491 g/mol. The van der Waals surface area contributed by atoms with Gasteiger partial charge in [0.2, 0.25) is 0 Å². The number of alkyl halides is 3. The second-order valence-electron chi connectivity index (χ2n) is 8.80. The maximum Gasteiger partial charge on any atom is 0.416 e. The van der Waals surface area contributed by atoms with E-state index in [0.717, 1.165) is 53.8 Å². The molecule has 2 aromatic heterocycles. The fraction of sp³-hybridized carbons (Fsp3) is 0.269. The number of fused-ring (bicyclic) bond motifs is 1. The first-order valence-electron chi connectivity index (χ1n) is 11.7. The van der Waals surface area contributed by atoms with Gasteiger partial charge in [-0.05, 0) is 67.4 Å². The van der Waals surface area contributed by atoms with Gasteiger partial charge in [-0.1, -0.05) is 31.4 Å². The number of anilines is 1. The highest BCUT2D eigenvalue weighted by Gasteiger charge is 2.32. The zero-order valence-electron chi connectivity index (χ0n) is 19.2. The first-order valence-corrected chi connectivity index (χ1v) is 13.1. The standard InChI is InChI=1S/C26H24F3N3O3S/c27-26(28,29)19-7-6-10-22(17-19)36(33,34)35-21-14-12-18(13-15-21)24-25(30-20-8-2-1-3-9-20)32-16-5-4-11-23(32)31-24/h4-7,10-17,20,30H,1-3,8-9H2. The number of aromatic nitrogens is 2. The topological polar surface area (TPSA) is 72.7 Å². The monoisotopic (exact) mass is 515 g/mol. The number of hydrogen-bond donors (Lipinski definition) is 1. The van der Waals surface area contributed by atoms with Crippen LogP contribution in [0.3, 0.4) is 0 Å². The molecular formula is C26H24F3N3O3S. The van der Waals surface area contributed by atoms with E-state index in [1.165, 1.54) is 31.4 Å². The predicted molar refractivity (Wildman–Crippen MR) is 130 cm³/mol. The van der Waals surface area contributed by atoms with Crippen molar-refractivity contribution in [2.45, 2.75) is 49.2 Å². The van der Waals surface area contributed by atoms with Gasteiger partial charge in [0.1, 0.15) is 27.8 Å². The molecule has 1 aliphatic carbocycles. The number of nitrogens with one attached hydrogen (secondary N) is 1. The molecule has 0 radical (unpaired) electrons. The number of halogens is 3. The average molecular weight is 516 g/mol. The summed E-state index contributed by atoms with van der Waals surface area (Å²) in [4.78, 5) is 4.20. The van der Waals surface area contributed by atoms with E-state index in [2.05, 4.69) is 5.32 Å². The smallest absolute Gasteiger partial charge is 0.379 e. The van der Waals surface area contributed by atoms with Crippen LogP contribution in [0.5, 0.6) is 5.75 Å². The Labute approximate surface area is 206 Å². The molecule has 6 nitrogen and oxygen atoms in total. The average Bonchev–Trinajstić information content (AvgIpc) is 3.23. The number of imidazole rings is 1. The van der Waals surface area contributed by atoms with Gasteiger partial charge in [0.15, 0.2) is 0 Å². The summed E-state index contributed by atoms with van der Waals surface area (Å²) in [5.41, 5.74) is 1.19. The van der Waals surface area contributed by atoms with E-state index in [4.69, 9.17) is 9.17 Å². The van der Waals surface area contributed by atoms with Crippen LogP contribution in [-0.4, -0.2) is 23.8 Å². The Morgan fingerprint density at radius 3 is 2.42 bits per heavy atom. The van der Waals surface area contributed by atoms with Gasteiger partial charge in [-0.15, -0.1) is 0 Å². The van der Waals surface area contributed by atoms with Crippen LogP contribution >= 0.6 is 0 Å². The summed E-state index contributed by atoms with van der Waals surface area (Å²) in [6.07, 6.45) is 3.04. The summed E-state index contributed by atoms with van der Waals surface area (Å²) in [5.74, 6) is 0.851. The van der Waals surface area contributed by atoms with E-state index in [9.17, 15) is 21.6 Å². The van der Waals surface area contributed by atoms with Crippen molar-refractivity contribution < 1.29 is 25.8 Å². The third-order valence-corrected chi connectivity index (χ3v) is 7.50. The molecule has 10 heteroatoms. The molecule has 0 aliphatic heterocycles. The number of hydrogen-bond acceptors (Lipinski definition) is 5. The molecule has 1 N–H and O–H groups in total. The van der Waals surface area contributed by atoms with Gasteiger partial charge in [0, 0.05) is 17.8 Å². The lowest BCUT2D eigenvalue weighted by Gasteiger charge is -2.24. The summed E-state index contributed by atoms with van der Waals surface area (Å²) in [6.45, 7) is 0. The summed E-state index contributed by atoms with van der Waals surface area (Å²) < 4.78 is 71.3. The molecule has 1 saturated carbocycles. The van der Waals surface area contributed by atoms with Gasteiger partial charge in [-0.2, -0.15) is 21.6 Å². The van der Waals surface area contributed by atoms with E-state index in [0.29, 0.717) is 12.1 Å². The van der Waals surface area contributed by atoms with Gasteiger partial charge < -0.3 is 9.50 Å². The zero-order chi connectivity index (χ0) is 25.3. The quantitative estimate of drug-likeness (QED) is 0.296. The Hall–Kier alpha value is -3.53. The SMILES string of the molecule is O=S(=O)(Oc1ccc(-c2nc3ccccn3c2NC2CCCCC2)cc1)c1cccc(C(F)(F)F)c1. The van der Waals surface area contributed by atoms with E-state index in [1.807, 2.05) is 28.8 Å². The van der Waals surface area contributed by atoms with Crippen molar-refractivity contribution in [3.8, 4) is 17.0 Å². The molecule has 0 unspecified atom stereocenters. The highest BCUT2D eigenvalue weighted by molar-refractivity contribution is 7.87. The maximum absolute atomic E-state index is 13.0. The van der Waals surface area contributed by atoms with Crippen LogP contribution in [0, 0.1) is 0 Å². The Bertz CT molecular complexity index is 1480. The second kappa shape index (κ2) is 9.50. The lowest BCUT2D eigenvalue weighted by molar-refractivity contribution is -0.137. The molecule has 1 aliphatic rings. The highest BCUT2D eigenvalue weighted by Crippen LogP contribution is 2.34. The Morgan fingerprint density at radius 1 is 0.944 bits per heavy atom. The summed E-state index contributed by atoms with van der Waals surface area (Å²) in [7, 11) is -4.45. The van der Waals surface area contributed by atoms with E-state index in [-0.39, 0.29) is 5.75 Å². The van der Waals surface area contributed by atoms with Crippen molar-refractivity contribution in [3.63, 3.8) is 0 Å². The van der Waals surface area contributed by atoms with Crippen LogP contribution in [0.15, 0.2) is 77.8 Å². The summed E-state index contributed by atoms with van der Waals surface area (Å²) >= 11 is 0. The van der Waals surface area contributed by atoms with Gasteiger partial charge in [0.25, 0.3) is 0 Å². The van der Waals surface area contributed by atoms with Crippen LogP contribution in [0.1, 0.15) is 37.7 Å². The Kier molecular flexibility index (Phi) is 6.38. The zero-order valence-corrected chi connectivity index (χ0v) is 20.0. The minimum absolute atomic E-state index is 0.0123. The lowest BCUT2D eigenvalue weighted by Crippen LogP contribution is -2.23. The fourth-order valence-corrected chi connectivity index (χ4v) is 5.42. The van der Waals surface area contributed by atoms with Crippen molar-refractivity contribution in [2.75, 3.05) is 5.32 Å². The minimum atomic E-state index is -4.66. The molecule has 1 fully saturated rings. The molecule has 4 aromatic rings. The van der Waals surface area contributed by atoms with Gasteiger partial charge in [-0.25, -0.2) is 4.98 Å². The van der Waals surface area contributed by atoms with Gasteiger partial charge in [-0.3, -0.25) is 4.40 Å². The van der Waals surface area contributed by atoms with Crippen molar-refractivity contribution in [1.29, 1.82) is 0 Å². The maximum atomic E-state index is 13.0. The molecule has 0 amide bonds. The molecule has 5 rings (SSSR count). The first-order chi connectivity index (χ1) is 17.2. The third-order valence-electron chi connectivity index (χ3n) is 6.26. The number of benzene rings is 2.